The standard InChI is InChI=1S/C17H25N3O3/c1-14-3-2-4-15(13-14)20-11-9-19(10-12-20)8-6-16(21)18-7-5-17(22)23/h2-4,13H,5-12H2,1H3,(H,18,21)(H,22,23). The second-order valence-corrected chi connectivity index (χ2v) is 5.91. The van der Waals surface area contributed by atoms with E-state index in [0.29, 0.717) is 6.42 Å². The molecule has 1 aliphatic heterocycles. The number of hydrogen-bond acceptors (Lipinski definition) is 4. The van der Waals surface area contributed by atoms with Crippen molar-refractivity contribution in [3.63, 3.8) is 0 Å². The highest BCUT2D eigenvalue weighted by atomic mass is 16.4. The molecule has 1 saturated heterocycles. The van der Waals surface area contributed by atoms with Crippen LogP contribution in [0.1, 0.15) is 18.4 Å². The van der Waals surface area contributed by atoms with Gasteiger partial charge in [-0.25, -0.2) is 0 Å². The maximum absolute atomic E-state index is 11.6. The van der Waals surface area contributed by atoms with Crippen molar-refractivity contribution in [3.8, 4) is 0 Å². The molecule has 6 nitrogen and oxygen atoms in total. The molecular formula is C17H25N3O3. The third-order valence-electron chi connectivity index (χ3n) is 4.06. The Morgan fingerprint density at radius 2 is 1.91 bits per heavy atom. The topological polar surface area (TPSA) is 72.9 Å². The molecule has 23 heavy (non-hydrogen) atoms. The maximum Gasteiger partial charge on any atom is 0.305 e. The third kappa shape index (κ3) is 5.90. The molecule has 0 saturated carbocycles. The zero-order chi connectivity index (χ0) is 16.7. The van der Waals surface area contributed by atoms with Crippen LogP contribution < -0.4 is 10.2 Å². The Morgan fingerprint density at radius 3 is 2.57 bits per heavy atom. The third-order valence-corrected chi connectivity index (χ3v) is 4.06. The number of amides is 1. The van der Waals surface area contributed by atoms with Gasteiger partial charge in [-0.05, 0) is 24.6 Å². The van der Waals surface area contributed by atoms with Gasteiger partial charge in [-0.1, -0.05) is 12.1 Å². The van der Waals surface area contributed by atoms with E-state index in [0.717, 1.165) is 32.7 Å². The molecule has 0 radical (unpaired) electrons. The van der Waals surface area contributed by atoms with Crippen molar-refractivity contribution < 1.29 is 14.7 Å². The van der Waals surface area contributed by atoms with Gasteiger partial charge in [0, 0.05) is 51.4 Å². The van der Waals surface area contributed by atoms with Crippen LogP contribution in [0.25, 0.3) is 0 Å². The molecule has 1 heterocycles. The van der Waals surface area contributed by atoms with Gasteiger partial charge in [-0.2, -0.15) is 0 Å². The SMILES string of the molecule is Cc1cccc(N2CCN(CCC(=O)NCCC(=O)O)CC2)c1. The zero-order valence-corrected chi connectivity index (χ0v) is 13.6. The number of piperazine rings is 1. The molecule has 6 heteroatoms. The van der Waals surface area contributed by atoms with E-state index in [1.807, 2.05) is 0 Å². The molecular weight excluding hydrogens is 294 g/mol. The van der Waals surface area contributed by atoms with Crippen molar-refractivity contribution in [1.29, 1.82) is 0 Å². The van der Waals surface area contributed by atoms with Crippen molar-refractivity contribution in [3.05, 3.63) is 29.8 Å². The molecule has 0 unspecified atom stereocenters. The van der Waals surface area contributed by atoms with E-state index in [9.17, 15) is 9.59 Å². The number of hydrogen-bond donors (Lipinski definition) is 2. The first-order valence-corrected chi connectivity index (χ1v) is 8.07. The molecule has 0 atom stereocenters. The number of benzene rings is 1. The molecule has 0 aromatic heterocycles. The minimum absolute atomic E-state index is 0.0269. The minimum Gasteiger partial charge on any atom is -0.481 e. The van der Waals surface area contributed by atoms with Crippen molar-refractivity contribution in [2.45, 2.75) is 19.8 Å². The molecule has 1 aromatic rings. The summed E-state index contributed by atoms with van der Waals surface area (Å²) in [5.74, 6) is -0.968. The summed E-state index contributed by atoms with van der Waals surface area (Å²) in [6.45, 7) is 6.83. The van der Waals surface area contributed by atoms with Crippen molar-refractivity contribution in [2.75, 3.05) is 44.2 Å². The lowest BCUT2D eigenvalue weighted by Gasteiger charge is -2.36. The highest BCUT2D eigenvalue weighted by Gasteiger charge is 2.17. The quantitative estimate of drug-likeness (QED) is 0.787. The number of nitrogens with one attached hydrogen (secondary N) is 1. The Labute approximate surface area is 137 Å². The van der Waals surface area contributed by atoms with Gasteiger partial charge in [-0.15, -0.1) is 0 Å². The molecule has 1 aliphatic rings. The Hall–Kier alpha value is -2.08. The summed E-state index contributed by atoms with van der Waals surface area (Å²) in [5.41, 5.74) is 2.53. The Morgan fingerprint density at radius 1 is 1.17 bits per heavy atom. The molecule has 2 N–H and O–H groups in total. The number of nitrogens with zero attached hydrogens (tertiary/aromatic N) is 2. The van der Waals surface area contributed by atoms with Crippen LogP contribution in [0.2, 0.25) is 0 Å². The average Bonchev–Trinajstić information content (AvgIpc) is 2.53. The van der Waals surface area contributed by atoms with Crippen LogP contribution >= 0.6 is 0 Å². The van der Waals surface area contributed by atoms with E-state index in [4.69, 9.17) is 5.11 Å². The minimum atomic E-state index is -0.891. The van der Waals surface area contributed by atoms with Crippen molar-refractivity contribution in [2.24, 2.45) is 0 Å². The van der Waals surface area contributed by atoms with Gasteiger partial charge in [-0.3, -0.25) is 14.5 Å². The van der Waals surface area contributed by atoms with Crippen LogP contribution in [0.3, 0.4) is 0 Å². The predicted molar refractivity (Wildman–Crippen MR) is 89.7 cm³/mol. The average molecular weight is 319 g/mol. The second-order valence-electron chi connectivity index (χ2n) is 5.91. The van der Waals surface area contributed by atoms with Gasteiger partial charge in [0.2, 0.25) is 5.91 Å². The van der Waals surface area contributed by atoms with Crippen molar-refractivity contribution in [1.82, 2.24) is 10.2 Å². The first-order chi connectivity index (χ1) is 11.0. The van der Waals surface area contributed by atoms with Crippen LogP contribution in [0.15, 0.2) is 24.3 Å². The number of aliphatic carboxylic acids is 1. The Bertz CT molecular complexity index is 540. The highest BCUT2D eigenvalue weighted by Crippen LogP contribution is 2.17. The fourth-order valence-electron chi connectivity index (χ4n) is 2.71. The highest BCUT2D eigenvalue weighted by molar-refractivity contribution is 5.76. The molecule has 2 rings (SSSR count). The van der Waals surface area contributed by atoms with E-state index in [2.05, 4.69) is 46.3 Å². The van der Waals surface area contributed by atoms with Gasteiger partial charge < -0.3 is 15.3 Å². The monoisotopic (exact) mass is 319 g/mol. The normalized spacial score (nSPS) is 15.4. The number of carbonyl (C=O) groups excluding carboxylic acids is 1. The van der Waals surface area contributed by atoms with Crippen LogP contribution in [0, 0.1) is 6.92 Å². The van der Waals surface area contributed by atoms with Gasteiger partial charge in [0.25, 0.3) is 0 Å². The fourth-order valence-corrected chi connectivity index (χ4v) is 2.71. The summed E-state index contributed by atoms with van der Waals surface area (Å²) in [4.78, 5) is 26.7. The predicted octanol–water partition coefficient (Wildman–Crippen LogP) is 1.10. The van der Waals surface area contributed by atoms with E-state index in [1.54, 1.807) is 0 Å². The molecule has 1 fully saturated rings. The zero-order valence-electron chi connectivity index (χ0n) is 13.6. The van der Waals surface area contributed by atoms with Crippen LogP contribution in [0.5, 0.6) is 0 Å². The van der Waals surface area contributed by atoms with E-state index in [-0.39, 0.29) is 18.9 Å². The first kappa shape index (κ1) is 17.3. The molecule has 1 aromatic carbocycles. The molecule has 0 bridgehead atoms. The fraction of sp³-hybridized carbons (Fsp3) is 0.529. The Balaban J connectivity index is 1.67. The number of carboxylic acid groups (broad SMARTS) is 1. The molecule has 0 spiro atoms. The van der Waals surface area contributed by atoms with Crippen LogP contribution in [-0.4, -0.2) is 61.2 Å². The lowest BCUT2D eigenvalue weighted by molar-refractivity contribution is -0.136. The second kappa shape index (κ2) is 8.53. The number of aryl methyl sites for hydroxylation is 1. The summed E-state index contributed by atoms with van der Waals surface area (Å²) in [6.07, 6.45) is 0.394. The number of carbonyl (C=O) groups is 2. The van der Waals surface area contributed by atoms with Crippen molar-refractivity contribution >= 4 is 17.6 Å². The molecule has 1 amide bonds. The lowest BCUT2D eigenvalue weighted by Crippen LogP contribution is -2.47. The largest absolute Gasteiger partial charge is 0.481 e. The maximum atomic E-state index is 11.6. The van der Waals surface area contributed by atoms with E-state index in [1.165, 1.54) is 11.3 Å². The molecule has 0 aliphatic carbocycles. The van der Waals surface area contributed by atoms with Gasteiger partial charge in [0.15, 0.2) is 0 Å². The van der Waals surface area contributed by atoms with Gasteiger partial charge >= 0.3 is 5.97 Å². The van der Waals surface area contributed by atoms with Gasteiger partial charge in [0.1, 0.15) is 0 Å². The van der Waals surface area contributed by atoms with E-state index < -0.39 is 5.97 Å². The lowest BCUT2D eigenvalue weighted by atomic mass is 10.2. The van der Waals surface area contributed by atoms with Crippen LogP contribution in [0.4, 0.5) is 5.69 Å². The summed E-state index contributed by atoms with van der Waals surface area (Å²) < 4.78 is 0. The summed E-state index contributed by atoms with van der Waals surface area (Å²) >= 11 is 0. The summed E-state index contributed by atoms with van der Waals surface area (Å²) in [7, 11) is 0. The first-order valence-electron chi connectivity index (χ1n) is 8.07. The number of carboxylic acids is 1. The van der Waals surface area contributed by atoms with Crippen LogP contribution in [-0.2, 0) is 9.59 Å². The smallest absolute Gasteiger partial charge is 0.305 e. The summed E-state index contributed by atoms with van der Waals surface area (Å²) in [5, 5.41) is 11.2. The van der Waals surface area contributed by atoms with Gasteiger partial charge in [0.05, 0.1) is 6.42 Å². The summed E-state index contributed by atoms with van der Waals surface area (Å²) in [6, 6.07) is 8.52. The Kier molecular flexibility index (Phi) is 6.40. The number of rotatable bonds is 7. The number of anilines is 1. The molecule has 126 valence electrons. The van der Waals surface area contributed by atoms with E-state index >= 15 is 0 Å².